The maximum absolute atomic E-state index is 12.1. The van der Waals surface area contributed by atoms with Crippen LogP contribution in [0.1, 0.15) is 378 Å². The summed E-state index contributed by atoms with van der Waals surface area (Å²) < 4.78 is 1.58. The van der Waals surface area contributed by atoms with Gasteiger partial charge in [-0.15, -0.1) is 11.8 Å². The summed E-state index contributed by atoms with van der Waals surface area (Å²) in [7, 11) is 0. The summed E-state index contributed by atoms with van der Waals surface area (Å²) in [6.45, 7) is 13.7. The van der Waals surface area contributed by atoms with Crippen LogP contribution in [0.25, 0.3) is 16.9 Å². The van der Waals surface area contributed by atoms with E-state index in [4.69, 9.17) is 0 Å². The van der Waals surface area contributed by atoms with Crippen LogP contribution in [0.5, 0.6) is 0 Å². The van der Waals surface area contributed by atoms with Gasteiger partial charge in [0.2, 0.25) is 11.4 Å². The third-order valence-electron chi connectivity index (χ3n) is 16.9. The van der Waals surface area contributed by atoms with Gasteiger partial charge in [-0.05, 0) is 87.1 Å². The van der Waals surface area contributed by atoms with Gasteiger partial charge in [-0.1, -0.05) is 186 Å². The zero-order chi connectivity index (χ0) is 57.5. The Morgan fingerprint density at radius 1 is 0.338 bits per heavy atom. The van der Waals surface area contributed by atoms with E-state index in [9.17, 15) is 5.53 Å². The Kier molecular flexibility index (Phi) is 51.3. The Bertz CT molecular complexity index is 1830. The molecule has 0 radical (unpaired) electrons. The number of benzene rings is 2. The van der Waals surface area contributed by atoms with Crippen LogP contribution in [-0.2, 0) is 27.3 Å². The van der Waals surface area contributed by atoms with E-state index in [1.165, 1.54) is 295 Å². The SMILES string of the molecule is CCCCCCCCCCCCCCCCCCCCC#CCCCc1ccccc1C1=C(CCCC)C(CCCC)=C(c2cccc(CCCC)c2)[N+]1=[N-].CCCCCCCCCCC[CH2][Ni][CH2]CCCCCCCCCCC. The van der Waals surface area contributed by atoms with Crippen molar-refractivity contribution in [3.05, 3.63) is 87.5 Å². The average Bonchev–Trinajstić information content (AvgIpc) is 3.82. The van der Waals surface area contributed by atoms with Gasteiger partial charge in [0.1, 0.15) is 0 Å². The molecule has 3 rings (SSSR count). The van der Waals surface area contributed by atoms with Gasteiger partial charge in [-0.3, -0.25) is 0 Å². The summed E-state index contributed by atoms with van der Waals surface area (Å²) in [6.07, 6.45) is 68.8. The minimum absolute atomic E-state index is 0.938. The molecule has 0 unspecified atom stereocenters. The van der Waals surface area contributed by atoms with E-state index in [0.717, 1.165) is 87.6 Å². The van der Waals surface area contributed by atoms with Crippen molar-refractivity contribution in [2.45, 2.75) is 380 Å². The van der Waals surface area contributed by atoms with Crippen LogP contribution in [0.3, 0.4) is 0 Å². The van der Waals surface area contributed by atoms with Crippen LogP contribution >= 0.6 is 0 Å². The molecule has 80 heavy (non-hydrogen) atoms. The molecule has 0 N–H and O–H groups in total. The third-order valence-corrected chi connectivity index (χ3v) is 18.3. The molecule has 1 aliphatic rings. The van der Waals surface area contributed by atoms with Crippen LogP contribution < -0.4 is 0 Å². The molecule has 1 heterocycles. The number of allylic oxidation sites excluding steroid dienone is 2. The Morgan fingerprint density at radius 2 is 0.700 bits per heavy atom. The Balaban J connectivity index is 0.000000733. The average molecular weight is 1140 g/mol. The number of nitrogens with zero attached hydrogens (tertiary/aromatic N) is 2. The molecule has 0 fully saturated rings. The van der Waals surface area contributed by atoms with Crippen molar-refractivity contribution in [1.82, 2.24) is 0 Å². The van der Waals surface area contributed by atoms with Gasteiger partial charge in [0.25, 0.3) is 0 Å². The molecule has 0 amide bonds. The summed E-state index contributed by atoms with van der Waals surface area (Å²) in [6, 6.07) is 17.8. The van der Waals surface area contributed by atoms with Crippen LogP contribution in [-0.4, -0.2) is 4.70 Å². The molecule has 2 aromatic rings. The summed E-state index contributed by atoms with van der Waals surface area (Å²) in [5, 5.41) is 2.86. The van der Waals surface area contributed by atoms with E-state index in [1.54, 1.807) is 4.70 Å². The fourth-order valence-corrected chi connectivity index (χ4v) is 13.0. The predicted molar refractivity (Wildman–Crippen MR) is 355 cm³/mol. The van der Waals surface area contributed by atoms with Gasteiger partial charge < -0.3 is 5.53 Å². The normalized spacial score (nSPS) is 12.4. The number of hydrogen-bond donors (Lipinski definition) is 0. The van der Waals surface area contributed by atoms with Crippen molar-refractivity contribution < 1.29 is 19.1 Å². The van der Waals surface area contributed by atoms with Crippen molar-refractivity contribution in [2.75, 3.05) is 0 Å². The Labute approximate surface area is 506 Å². The van der Waals surface area contributed by atoms with E-state index in [-0.39, 0.29) is 0 Å². The first-order chi connectivity index (χ1) is 39.6. The summed E-state index contributed by atoms with van der Waals surface area (Å²) in [5.41, 5.74) is 21.9. The van der Waals surface area contributed by atoms with E-state index in [0.29, 0.717) is 0 Å². The van der Waals surface area contributed by atoms with Crippen LogP contribution in [0.15, 0.2) is 59.7 Å². The summed E-state index contributed by atoms with van der Waals surface area (Å²) >= 11 is 2.03. The molecule has 0 spiro atoms. The molecule has 0 saturated carbocycles. The second-order valence-electron chi connectivity index (χ2n) is 24.4. The topological polar surface area (TPSA) is 25.3 Å². The van der Waals surface area contributed by atoms with E-state index in [1.807, 2.05) is 14.4 Å². The monoisotopic (exact) mass is 1140 g/mol. The quantitative estimate of drug-likeness (QED) is 0.0273. The molecule has 0 saturated heterocycles. The van der Waals surface area contributed by atoms with Crippen LogP contribution in [0, 0.1) is 11.8 Å². The fourth-order valence-electron chi connectivity index (χ4n) is 11.7. The number of rotatable bonds is 54. The van der Waals surface area contributed by atoms with Crippen LogP contribution in [0.2, 0.25) is 10.8 Å². The molecule has 3 heteroatoms. The van der Waals surface area contributed by atoms with E-state index in [2.05, 4.69) is 102 Å². The zero-order valence-corrected chi connectivity index (χ0v) is 55.3. The van der Waals surface area contributed by atoms with Crippen molar-refractivity contribution in [3.63, 3.8) is 0 Å². The molecule has 2 aromatic carbocycles. The summed E-state index contributed by atoms with van der Waals surface area (Å²) in [5.74, 6) is 6.98. The van der Waals surface area contributed by atoms with Gasteiger partial charge in [0, 0.05) is 35.1 Å². The molecule has 0 atom stereocenters. The number of aryl methyl sites for hydroxylation is 2. The zero-order valence-electron chi connectivity index (χ0n) is 54.3. The molecular weight excluding hydrogens is 1010 g/mol. The van der Waals surface area contributed by atoms with Crippen LogP contribution in [0.4, 0.5) is 0 Å². The standard InChI is InChI=1S/C53H82N2.2C12H25.Ni/c1-5-9-13-14-15-16-17-18-19-20-21-22-23-24-25-26-27-28-29-30-31-32-33-39-47-40-34-35-44-49(47)53-51(43-12-8-4)50(42-11-7-3)52(55(53)54)48-41-36-38-46(45-48)37-10-6-2;2*1-3-5-7-9-11-12-10-8-6-4-2;/h34-36,38,40-41,44-45H,5-29,32-33,37,39,42-43H2,1-4H3;2*1,3-12H2,2H3;. The number of hydrogen-bond acceptors (Lipinski definition) is 0. The van der Waals surface area contributed by atoms with Crippen molar-refractivity contribution in [2.24, 2.45) is 0 Å². The van der Waals surface area contributed by atoms with Crippen molar-refractivity contribution in [1.29, 1.82) is 0 Å². The molecule has 2 nitrogen and oxygen atoms in total. The fraction of sp³-hybridized carbons (Fsp3) is 0.766. The first kappa shape index (κ1) is 73.7. The third kappa shape index (κ3) is 37.7. The first-order valence-corrected chi connectivity index (χ1v) is 37.0. The first-order valence-electron chi connectivity index (χ1n) is 35.6. The predicted octanol–water partition coefficient (Wildman–Crippen LogP) is 27.1. The van der Waals surface area contributed by atoms with E-state index < -0.39 is 0 Å². The summed E-state index contributed by atoms with van der Waals surface area (Å²) in [4.78, 5) is 0. The molecule has 460 valence electrons. The molecule has 0 aromatic heterocycles. The second-order valence-corrected chi connectivity index (χ2v) is 25.9. The van der Waals surface area contributed by atoms with Crippen molar-refractivity contribution in [3.8, 4) is 11.8 Å². The van der Waals surface area contributed by atoms with Gasteiger partial charge in [-0.25, -0.2) is 4.70 Å². The number of unbranched alkanes of at least 4 members (excludes halogenated alkanes) is 40. The minimum atomic E-state index is 0.938. The van der Waals surface area contributed by atoms with E-state index >= 15 is 0 Å². The maximum atomic E-state index is 12.1. The van der Waals surface area contributed by atoms with Crippen molar-refractivity contribution >= 4 is 11.4 Å². The van der Waals surface area contributed by atoms with Gasteiger partial charge in [0.05, 0.1) is 0 Å². The molecule has 0 bridgehead atoms. The molecule has 1 aliphatic heterocycles. The van der Waals surface area contributed by atoms with Gasteiger partial charge in [-0.2, -0.15) is 0 Å². The second kappa shape index (κ2) is 55.7. The Morgan fingerprint density at radius 3 is 1.14 bits per heavy atom. The van der Waals surface area contributed by atoms with Gasteiger partial charge in [0.15, 0.2) is 0 Å². The molecule has 0 aliphatic carbocycles. The van der Waals surface area contributed by atoms with Gasteiger partial charge >= 0.3 is 167 Å². The molecular formula is C77H132N2Ni. The Hall–Kier alpha value is -2.43.